The van der Waals surface area contributed by atoms with Crippen molar-refractivity contribution >= 4 is 15.8 Å². The van der Waals surface area contributed by atoms with Crippen LogP contribution in [0.15, 0.2) is 53.4 Å². The molecule has 1 atom stereocenters. The second-order valence-corrected chi connectivity index (χ2v) is 12.6. The summed E-state index contributed by atoms with van der Waals surface area (Å²) in [6.45, 7) is 7.19. The van der Waals surface area contributed by atoms with Crippen molar-refractivity contribution in [2.45, 2.75) is 68.8 Å². The fourth-order valence-corrected chi connectivity index (χ4v) is 5.32. The van der Waals surface area contributed by atoms with Crippen LogP contribution in [0.25, 0.3) is 0 Å². The number of rotatable bonds is 10. The van der Waals surface area contributed by atoms with E-state index < -0.39 is 10.0 Å². The molecule has 1 saturated heterocycles. The topological polar surface area (TPSA) is 109 Å². The fraction of sp³-hybridized carbons (Fsp3) is 0.448. The number of anilines is 1. The normalized spacial score (nSPS) is 17.6. The molecule has 5 rings (SSSR count). The summed E-state index contributed by atoms with van der Waals surface area (Å²) < 4.78 is 53.3. The molecule has 208 valence electrons. The molecule has 1 N–H and O–H groups in total. The third-order valence-corrected chi connectivity index (χ3v) is 8.12. The average molecular weight is 554 g/mol. The van der Waals surface area contributed by atoms with Crippen LogP contribution in [-0.2, 0) is 20.2 Å². The van der Waals surface area contributed by atoms with Gasteiger partial charge in [-0.05, 0) is 60.9 Å². The molecule has 0 spiro atoms. The lowest BCUT2D eigenvalue weighted by atomic mass is 9.87. The summed E-state index contributed by atoms with van der Waals surface area (Å²) in [7, 11) is -2.47. The summed E-state index contributed by atoms with van der Waals surface area (Å²) in [5.74, 6) is 1.75. The SMILES string of the molecule is COc1ccccc1Oc1c(NS(=O)(=O)c2ccc(C(C)(C)C)cc2)nc(C2CC2)nc1OCC1CCCO1. The molecule has 0 amide bonds. The highest BCUT2D eigenvalue weighted by Gasteiger charge is 2.32. The van der Waals surface area contributed by atoms with Crippen LogP contribution >= 0.6 is 0 Å². The van der Waals surface area contributed by atoms with E-state index in [1.165, 1.54) is 7.11 Å². The van der Waals surface area contributed by atoms with Crippen molar-refractivity contribution in [3.63, 3.8) is 0 Å². The van der Waals surface area contributed by atoms with Gasteiger partial charge in [-0.25, -0.2) is 13.4 Å². The zero-order chi connectivity index (χ0) is 27.6. The Bertz CT molecular complexity index is 1410. The Morgan fingerprint density at radius 3 is 2.33 bits per heavy atom. The van der Waals surface area contributed by atoms with Crippen LogP contribution in [0.3, 0.4) is 0 Å². The van der Waals surface area contributed by atoms with Gasteiger partial charge in [0.25, 0.3) is 15.9 Å². The first-order chi connectivity index (χ1) is 18.6. The third-order valence-electron chi connectivity index (χ3n) is 6.77. The van der Waals surface area contributed by atoms with E-state index in [1.54, 1.807) is 30.3 Å². The zero-order valence-electron chi connectivity index (χ0n) is 22.8. The van der Waals surface area contributed by atoms with Crippen molar-refractivity contribution in [3.05, 3.63) is 59.9 Å². The Labute approximate surface area is 229 Å². The Balaban J connectivity index is 1.54. The minimum Gasteiger partial charge on any atom is -0.493 e. The van der Waals surface area contributed by atoms with E-state index in [4.69, 9.17) is 18.9 Å². The molecule has 3 aromatic rings. The van der Waals surface area contributed by atoms with E-state index in [-0.39, 0.29) is 46.4 Å². The molecular formula is C29H35N3O6S. The molecule has 1 aliphatic carbocycles. The van der Waals surface area contributed by atoms with Crippen LogP contribution in [0.5, 0.6) is 23.1 Å². The minimum absolute atomic E-state index is 0.0139. The number of nitrogens with one attached hydrogen (secondary N) is 1. The van der Waals surface area contributed by atoms with Gasteiger partial charge in [-0.1, -0.05) is 45.0 Å². The Kier molecular flexibility index (Phi) is 7.68. The predicted octanol–water partition coefficient (Wildman–Crippen LogP) is 5.81. The van der Waals surface area contributed by atoms with Crippen molar-refractivity contribution in [2.24, 2.45) is 0 Å². The van der Waals surface area contributed by atoms with Crippen molar-refractivity contribution in [3.8, 4) is 23.1 Å². The fourth-order valence-electron chi connectivity index (χ4n) is 4.31. The number of hydrogen-bond donors (Lipinski definition) is 1. The van der Waals surface area contributed by atoms with E-state index >= 15 is 0 Å². The van der Waals surface area contributed by atoms with Gasteiger partial charge in [-0.3, -0.25) is 4.72 Å². The molecule has 10 heteroatoms. The van der Waals surface area contributed by atoms with Gasteiger partial charge in [0.1, 0.15) is 12.4 Å². The first kappa shape index (κ1) is 27.2. The van der Waals surface area contributed by atoms with Gasteiger partial charge in [0.2, 0.25) is 5.75 Å². The maximum Gasteiger partial charge on any atom is 0.263 e. The molecule has 2 aliphatic rings. The average Bonchev–Trinajstić information content (AvgIpc) is 3.63. The molecule has 1 aliphatic heterocycles. The molecule has 1 aromatic heterocycles. The second-order valence-electron chi connectivity index (χ2n) is 10.9. The van der Waals surface area contributed by atoms with Gasteiger partial charge in [-0.15, -0.1) is 0 Å². The van der Waals surface area contributed by atoms with E-state index in [0.717, 1.165) is 31.2 Å². The quantitative estimate of drug-likeness (QED) is 0.335. The maximum atomic E-state index is 13.6. The molecule has 2 aromatic carbocycles. The first-order valence-electron chi connectivity index (χ1n) is 13.2. The highest BCUT2D eigenvalue weighted by molar-refractivity contribution is 7.92. The number of methoxy groups -OCH3 is 1. The van der Waals surface area contributed by atoms with Crippen LogP contribution in [0.1, 0.15) is 63.8 Å². The van der Waals surface area contributed by atoms with Crippen LogP contribution < -0.4 is 18.9 Å². The Hall–Kier alpha value is -3.37. The standard InChI is InChI=1S/C29H35N3O6S/c1-29(2,3)20-13-15-22(16-14-20)39(33,34)32-27-25(38-24-10-6-5-9-23(24)35-4)28(31-26(30-27)19-11-12-19)37-18-21-8-7-17-36-21/h5-6,9-10,13-16,19,21H,7-8,11-12,17-18H2,1-4H3,(H,30,31,32). The van der Waals surface area contributed by atoms with Gasteiger partial charge in [0, 0.05) is 12.5 Å². The molecular weight excluding hydrogens is 518 g/mol. The molecule has 0 radical (unpaired) electrons. The number of ether oxygens (including phenoxy) is 4. The molecule has 2 heterocycles. The van der Waals surface area contributed by atoms with E-state index in [0.29, 0.717) is 23.9 Å². The highest BCUT2D eigenvalue weighted by Crippen LogP contribution is 2.45. The summed E-state index contributed by atoms with van der Waals surface area (Å²) in [5, 5.41) is 0. The van der Waals surface area contributed by atoms with Crippen LogP contribution in [0.4, 0.5) is 5.82 Å². The molecule has 9 nitrogen and oxygen atoms in total. The van der Waals surface area contributed by atoms with E-state index in [1.807, 2.05) is 18.2 Å². The Morgan fingerprint density at radius 1 is 1.00 bits per heavy atom. The predicted molar refractivity (Wildman–Crippen MR) is 147 cm³/mol. The molecule has 1 saturated carbocycles. The lowest BCUT2D eigenvalue weighted by molar-refractivity contribution is 0.0653. The number of sulfonamides is 1. The lowest BCUT2D eigenvalue weighted by Gasteiger charge is -2.20. The van der Waals surface area contributed by atoms with Crippen LogP contribution in [0, 0.1) is 0 Å². The molecule has 39 heavy (non-hydrogen) atoms. The van der Waals surface area contributed by atoms with E-state index in [9.17, 15) is 8.42 Å². The van der Waals surface area contributed by atoms with Gasteiger partial charge >= 0.3 is 0 Å². The highest BCUT2D eigenvalue weighted by atomic mass is 32.2. The summed E-state index contributed by atoms with van der Waals surface area (Å²) in [5.41, 5.74) is 0.927. The monoisotopic (exact) mass is 553 g/mol. The summed E-state index contributed by atoms with van der Waals surface area (Å²) in [6.07, 6.45) is 3.64. The van der Waals surface area contributed by atoms with Crippen molar-refractivity contribution < 1.29 is 27.4 Å². The second kappa shape index (κ2) is 11.0. The van der Waals surface area contributed by atoms with Gasteiger partial charge in [0.05, 0.1) is 18.1 Å². The molecule has 0 bridgehead atoms. The van der Waals surface area contributed by atoms with Gasteiger partial charge in [0.15, 0.2) is 17.3 Å². The molecule has 2 fully saturated rings. The lowest BCUT2D eigenvalue weighted by Crippen LogP contribution is -2.19. The minimum atomic E-state index is -4.01. The summed E-state index contributed by atoms with van der Waals surface area (Å²) in [4.78, 5) is 9.39. The van der Waals surface area contributed by atoms with Crippen LogP contribution in [-0.4, -0.2) is 44.8 Å². The smallest absolute Gasteiger partial charge is 0.263 e. The number of aromatic nitrogens is 2. The van der Waals surface area contributed by atoms with Crippen LogP contribution in [0.2, 0.25) is 0 Å². The largest absolute Gasteiger partial charge is 0.493 e. The van der Waals surface area contributed by atoms with Crippen molar-refractivity contribution in [1.82, 2.24) is 9.97 Å². The number of nitrogens with zero attached hydrogens (tertiary/aromatic N) is 2. The summed E-state index contributed by atoms with van der Waals surface area (Å²) in [6, 6.07) is 13.9. The first-order valence-corrected chi connectivity index (χ1v) is 14.7. The van der Waals surface area contributed by atoms with Crippen molar-refractivity contribution in [2.75, 3.05) is 25.0 Å². The zero-order valence-corrected chi connectivity index (χ0v) is 23.6. The Morgan fingerprint density at radius 2 is 1.72 bits per heavy atom. The summed E-state index contributed by atoms with van der Waals surface area (Å²) >= 11 is 0. The van der Waals surface area contributed by atoms with Crippen molar-refractivity contribution in [1.29, 1.82) is 0 Å². The number of hydrogen-bond acceptors (Lipinski definition) is 8. The maximum absolute atomic E-state index is 13.6. The van der Waals surface area contributed by atoms with Gasteiger partial charge < -0.3 is 18.9 Å². The van der Waals surface area contributed by atoms with E-state index in [2.05, 4.69) is 35.5 Å². The van der Waals surface area contributed by atoms with Gasteiger partial charge in [-0.2, -0.15) is 4.98 Å². The molecule has 1 unspecified atom stereocenters. The number of benzene rings is 2. The third kappa shape index (κ3) is 6.45. The number of para-hydroxylation sites is 2.